The van der Waals surface area contributed by atoms with Crippen molar-refractivity contribution in [1.82, 2.24) is 19.4 Å². The van der Waals surface area contributed by atoms with Gasteiger partial charge < -0.3 is 14.5 Å². The maximum absolute atomic E-state index is 12.9. The number of hydrogen-bond acceptors (Lipinski definition) is 5. The fourth-order valence-corrected chi connectivity index (χ4v) is 4.44. The molecule has 0 aromatic carbocycles. The first kappa shape index (κ1) is 16.3. The summed E-state index contributed by atoms with van der Waals surface area (Å²) in [5.41, 5.74) is 0.269. The molecule has 0 unspecified atom stereocenters. The van der Waals surface area contributed by atoms with Gasteiger partial charge >= 0.3 is 5.69 Å². The van der Waals surface area contributed by atoms with Crippen molar-refractivity contribution in [2.24, 2.45) is 0 Å². The van der Waals surface area contributed by atoms with E-state index in [1.807, 2.05) is 0 Å². The predicted molar refractivity (Wildman–Crippen MR) is 87.7 cm³/mol. The Morgan fingerprint density at radius 1 is 1.36 bits per heavy atom. The van der Waals surface area contributed by atoms with E-state index in [4.69, 9.17) is 4.74 Å². The number of ether oxygens (including phenoxy) is 1. The number of carbonyl (C=O) groups excluding carboxylic acids is 2. The zero-order valence-electron chi connectivity index (χ0n) is 14.5. The topological polar surface area (TPSA) is 84.7 Å². The monoisotopic (exact) mass is 346 g/mol. The SMILES string of the molecule is Cc1cc(C)n(CC(=O)N2CC[C@@]34OCCCN3C(=O)C[C@@H]24)c(=O)n1. The molecule has 3 saturated heterocycles. The molecule has 3 fully saturated rings. The highest BCUT2D eigenvalue weighted by Crippen LogP contribution is 2.44. The van der Waals surface area contributed by atoms with Crippen molar-refractivity contribution >= 4 is 11.8 Å². The Hall–Kier alpha value is -2.22. The van der Waals surface area contributed by atoms with Crippen molar-refractivity contribution in [3.8, 4) is 0 Å². The lowest BCUT2D eigenvalue weighted by molar-refractivity contribution is -0.181. The molecule has 1 aromatic rings. The third kappa shape index (κ3) is 2.38. The third-order valence-electron chi connectivity index (χ3n) is 5.57. The van der Waals surface area contributed by atoms with Crippen LogP contribution < -0.4 is 5.69 Å². The minimum absolute atomic E-state index is 0.0487. The highest BCUT2D eigenvalue weighted by molar-refractivity contribution is 5.84. The van der Waals surface area contributed by atoms with E-state index in [-0.39, 0.29) is 24.4 Å². The number of nitrogens with zero attached hydrogens (tertiary/aromatic N) is 4. The van der Waals surface area contributed by atoms with E-state index in [2.05, 4.69) is 4.98 Å². The van der Waals surface area contributed by atoms with Crippen LogP contribution in [0.5, 0.6) is 0 Å². The molecule has 2 amide bonds. The van der Waals surface area contributed by atoms with Gasteiger partial charge in [0.2, 0.25) is 11.8 Å². The first-order valence-corrected chi connectivity index (χ1v) is 8.71. The Morgan fingerprint density at radius 2 is 2.16 bits per heavy atom. The Balaban J connectivity index is 1.58. The summed E-state index contributed by atoms with van der Waals surface area (Å²) in [5, 5.41) is 0. The second-order valence-electron chi connectivity index (χ2n) is 7.06. The molecule has 0 radical (unpaired) electrons. The van der Waals surface area contributed by atoms with E-state index in [1.54, 1.807) is 29.7 Å². The smallest absolute Gasteiger partial charge is 0.348 e. The van der Waals surface area contributed by atoms with Gasteiger partial charge in [-0.1, -0.05) is 0 Å². The van der Waals surface area contributed by atoms with Crippen LogP contribution in [0.15, 0.2) is 10.9 Å². The molecule has 0 saturated carbocycles. The summed E-state index contributed by atoms with van der Waals surface area (Å²) in [5.74, 6) is -0.117. The molecule has 8 nitrogen and oxygen atoms in total. The minimum Gasteiger partial charge on any atom is -0.353 e. The predicted octanol–water partition coefficient (Wildman–Crippen LogP) is -0.190. The van der Waals surface area contributed by atoms with Crippen LogP contribution in [0.1, 0.15) is 30.7 Å². The largest absolute Gasteiger partial charge is 0.353 e. The van der Waals surface area contributed by atoms with Gasteiger partial charge in [0.25, 0.3) is 0 Å². The number of likely N-dealkylation sites (tertiary alicyclic amines) is 1. The van der Waals surface area contributed by atoms with Crippen LogP contribution in [0, 0.1) is 13.8 Å². The van der Waals surface area contributed by atoms with E-state index in [0.29, 0.717) is 43.9 Å². The Bertz CT molecular complexity index is 804. The number of carbonyl (C=O) groups is 2. The average molecular weight is 346 g/mol. The number of aromatic nitrogens is 2. The summed E-state index contributed by atoms with van der Waals surface area (Å²) < 4.78 is 7.39. The fourth-order valence-electron chi connectivity index (χ4n) is 4.44. The van der Waals surface area contributed by atoms with Crippen molar-refractivity contribution in [3.63, 3.8) is 0 Å². The highest BCUT2D eigenvalue weighted by Gasteiger charge is 2.61. The standard InChI is InChI=1S/C17H22N4O4/c1-11-8-12(2)20(16(24)18-11)10-15(23)19-6-4-17-13(19)9-14(22)21(17)5-3-7-25-17/h8,13H,3-7,9-10H2,1-2H3/t13-,17+/m1/s1. The Kier molecular flexibility index (Phi) is 3.68. The van der Waals surface area contributed by atoms with Crippen LogP contribution in [0.2, 0.25) is 0 Å². The van der Waals surface area contributed by atoms with Crippen molar-refractivity contribution in [2.75, 3.05) is 19.7 Å². The lowest BCUT2D eigenvalue weighted by atomic mass is 10.0. The molecule has 25 heavy (non-hydrogen) atoms. The Labute approximate surface area is 145 Å². The van der Waals surface area contributed by atoms with E-state index >= 15 is 0 Å². The molecule has 3 aliphatic rings. The van der Waals surface area contributed by atoms with Crippen LogP contribution in [0.4, 0.5) is 0 Å². The highest BCUT2D eigenvalue weighted by atomic mass is 16.5. The van der Waals surface area contributed by atoms with Crippen LogP contribution in [0.3, 0.4) is 0 Å². The lowest BCUT2D eigenvalue weighted by Gasteiger charge is -2.42. The first-order valence-electron chi connectivity index (χ1n) is 8.71. The molecule has 2 atom stereocenters. The molecule has 134 valence electrons. The van der Waals surface area contributed by atoms with Crippen molar-refractivity contribution in [2.45, 2.75) is 51.4 Å². The van der Waals surface area contributed by atoms with Crippen LogP contribution in [-0.2, 0) is 20.9 Å². The number of hydrogen-bond donors (Lipinski definition) is 0. The quantitative estimate of drug-likeness (QED) is 0.741. The second-order valence-corrected chi connectivity index (χ2v) is 7.06. The summed E-state index contributed by atoms with van der Waals surface area (Å²) >= 11 is 0. The number of rotatable bonds is 2. The zero-order valence-corrected chi connectivity index (χ0v) is 14.5. The molecule has 8 heteroatoms. The summed E-state index contributed by atoms with van der Waals surface area (Å²) in [6, 6.07) is 1.52. The van der Waals surface area contributed by atoms with Gasteiger partial charge in [0.15, 0.2) is 5.72 Å². The van der Waals surface area contributed by atoms with Crippen molar-refractivity contribution < 1.29 is 14.3 Å². The summed E-state index contributed by atoms with van der Waals surface area (Å²) in [6.45, 7) is 5.34. The van der Waals surface area contributed by atoms with Gasteiger partial charge in [0.1, 0.15) is 6.54 Å². The summed E-state index contributed by atoms with van der Waals surface area (Å²) in [4.78, 5) is 44.7. The third-order valence-corrected chi connectivity index (χ3v) is 5.57. The molecular weight excluding hydrogens is 324 g/mol. The summed E-state index contributed by atoms with van der Waals surface area (Å²) in [7, 11) is 0. The summed E-state index contributed by atoms with van der Waals surface area (Å²) in [6.07, 6.45) is 1.76. The van der Waals surface area contributed by atoms with Gasteiger partial charge in [-0.05, 0) is 26.3 Å². The van der Waals surface area contributed by atoms with Crippen molar-refractivity contribution in [3.05, 3.63) is 27.9 Å². The molecule has 4 rings (SSSR count). The van der Waals surface area contributed by atoms with E-state index in [0.717, 1.165) is 6.42 Å². The van der Waals surface area contributed by atoms with Gasteiger partial charge in [-0.15, -0.1) is 0 Å². The van der Waals surface area contributed by atoms with Gasteiger partial charge in [-0.2, -0.15) is 4.98 Å². The lowest BCUT2D eigenvalue weighted by Crippen LogP contribution is -2.56. The maximum atomic E-state index is 12.9. The van der Waals surface area contributed by atoms with Gasteiger partial charge in [-0.25, -0.2) is 4.79 Å². The van der Waals surface area contributed by atoms with Crippen molar-refractivity contribution in [1.29, 1.82) is 0 Å². The molecule has 1 spiro atoms. The minimum atomic E-state index is -0.656. The molecular formula is C17H22N4O4. The van der Waals surface area contributed by atoms with Crippen LogP contribution in [-0.4, -0.2) is 62.6 Å². The van der Waals surface area contributed by atoms with E-state index in [9.17, 15) is 14.4 Å². The first-order chi connectivity index (χ1) is 11.9. The normalized spacial score (nSPS) is 28.2. The van der Waals surface area contributed by atoms with Crippen LogP contribution in [0.25, 0.3) is 0 Å². The van der Waals surface area contributed by atoms with E-state index < -0.39 is 11.4 Å². The van der Waals surface area contributed by atoms with E-state index in [1.165, 1.54) is 4.57 Å². The zero-order chi connectivity index (χ0) is 17.8. The number of aryl methyl sites for hydroxylation is 2. The fraction of sp³-hybridized carbons (Fsp3) is 0.647. The Morgan fingerprint density at radius 3 is 2.92 bits per heavy atom. The van der Waals surface area contributed by atoms with Gasteiger partial charge in [-0.3, -0.25) is 14.2 Å². The molecule has 4 heterocycles. The molecule has 0 bridgehead atoms. The van der Waals surface area contributed by atoms with Gasteiger partial charge in [0, 0.05) is 30.9 Å². The molecule has 3 aliphatic heterocycles. The van der Waals surface area contributed by atoms with Gasteiger partial charge in [0.05, 0.1) is 19.1 Å². The maximum Gasteiger partial charge on any atom is 0.348 e. The average Bonchev–Trinajstić information content (AvgIpc) is 3.03. The second kappa shape index (κ2) is 5.66. The molecule has 1 aromatic heterocycles. The van der Waals surface area contributed by atoms with Crippen LogP contribution >= 0.6 is 0 Å². The molecule has 0 aliphatic carbocycles. The number of amides is 2. The molecule has 0 N–H and O–H groups in total.